The minimum Gasteiger partial charge on any atom is -0.338 e. The lowest BCUT2D eigenvalue weighted by Gasteiger charge is -2.33. The molecule has 1 aromatic heterocycles. The summed E-state index contributed by atoms with van der Waals surface area (Å²) in [5, 5.41) is 3.39. The number of likely N-dealkylation sites (tertiary alicyclic amines) is 1. The third kappa shape index (κ3) is 4.53. The summed E-state index contributed by atoms with van der Waals surface area (Å²) in [5.74, 6) is -1.37. The minimum absolute atomic E-state index is 0.144. The number of alkyl halides is 3. The van der Waals surface area contributed by atoms with E-state index in [1.54, 1.807) is 18.2 Å². The number of aromatic nitrogens is 2. The number of benzene rings is 2. The molecule has 0 aliphatic carbocycles. The van der Waals surface area contributed by atoms with Gasteiger partial charge in [-0.15, -0.1) is 0 Å². The van der Waals surface area contributed by atoms with Gasteiger partial charge in [0.05, 0.1) is 0 Å². The number of nitrogens with zero attached hydrogens (tertiary/aromatic N) is 3. The summed E-state index contributed by atoms with van der Waals surface area (Å²) >= 11 is 0. The van der Waals surface area contributed by atoms with Crippen molar-refractivity contribution in [3.8, 4) is 11.4 Å². The van der Waals surface area contributed by atoms with Gasteiger partial charge in [0.25, 0.3) is 5.91 Å². The minimum atomic E-state index is -4.71. The number of hydrogen-bond acceptors (Lipinski definition) is 4. The predicted octanol–water partition coefficient (Wildman–Crippen LogP) is 4.85. The number of piperidine rings is 1. The van der Waals surface area contributed by atoms with Crippen LogP contribution in [-0.4, -0.2) is 34.0 Å². The van der Waals surface area contributed by atoms with Crippen LogP contribution in [0, 0.1) is 5.92 Å². The third-order valence-electron chi connectivity index (χ3n) is 5.21. The molecule has 156 valence electrons. The Labute approximate surface area is 171 Å². The van der Waals surface area contributed by atoms with Crippen molar-refractivity contribution in [2.45, 2.75) is 25.4 Å². The Kier molecular flexibility index (Phi) is 5.57. The Morgan fingerprint density at radius 1 is 1.13 bits per heavy atom. The quantitative estimate of drug-likeness (QED) is 0.611. The SMILES string of the molecule is O=C(c1cccc(-c2noc(C(F)(F)F)n2)c1)N1CCCC(Cc2ccccc2)C1. The van der Waals surface area contributed by atoms with E-state index in [0.29, 0.717) is 30.1 Å². The van der Waals surface area contributed by atoms with E-state index in [2.05, 4.69) is 26.8 Å². The van der Waals surface area contributed by atoms with Gasteiger partial charge in [-0.05, 0) is 42.9 Å². The standard InChI is InChI=1S/C22H20F3N3O2/c23-22(24,25)21-26-19(27-30-21)17-9-4-10-18(13-17)20(29)28-11-5-8-16(14-28)12-15-6-2-1-3-7-15/h1-4,6-7,9-10,13,16H,5,8,11-12,14H2. The van der Waals surface area contributed by atoms with Crippen LogP contribution in [0.3, 0.4) is 0 Å². The largest absolute Gasteiger partial charge is 0.471 e. The van der Waals surface area contributed by atoms with E-state index >= 15 is 0 Å². The van der Waals surface area contributed by atoms with Crippen molar-refractivity contribution in [3.05, 3.63) is 71.6 Å². The lowest BCUT2D eigenvalue weighted by atomic mass is 9.91. The molecule has 1 saturated heterocycles. The van der Waals surface area contributed by atoms with Crippen molar-refractivity contribution < 1.29 is 22.5 Å². The van der Waals surface area contributed by atoms with Crippen LogP contribution in [0.5, 0.6) is 0 Å². The maximum absolute atomic E-state index is 13.0. The van der Waals surface area contributed by atoms with E-state index in [1.807, 2.05) is 23.1 Å². The summed E-state index contributed by atoms with van der Waals surface area (Å²) in [6.07, 6.45) is -1.82. The van der Waals surface area contributed by atoms with Crippen LogP contribution in [0.15, 0.2) is 59.1 Å². The van der Waals surface area contributed by atoms with E-state index in [9.17, 15) is 18.0 Å². The molecule has 1 unspecified atom stereocenters. The zero-order chi connectivity index (χ0) is 21.1. The molecule has 2 heterocycles. The molecular formula is C22H20F3N3O2. The molecule has 1 atom stereocenters. The van der Waals surface area contributed by atoms with Crippen LogP contribution in [0.25, 0.3) is 11.4 Å². The second-order valence-electron chi connectivity index (χ2n) is 7.45. The fourth-order valence-electron chi connectivity index (χ4n) is 3.79. The fraction of sp³-hybridized carbons (Fsp3) is 0.318. The lowest BCUT2D eigenvalue weighted by Crippen LogP contribution is -2.40. The molecule has 5 nitrogen and oxygen atoms in total. The van der Waals surface area contributed by atoms with Gasteiger partial charge in [0.2, 0.25) is 5.82 Å². The Balaban J connectivity index is 1.48. The van der Waals surface area contributed by atoms with E-state index in [4.69, 9.17) is 0 Å². The molecule has 1 fully saturated rings. The van der Waals surface area contributed by atoms with Crippen molar-refractivity contribution >= 4 is 5.91 Å². The first-order valence-electron chi connectivity index (χ1n) is 9.75. The highest BCUT2D eigenvalue weighted by molar-refractivity contribution is 5.95. The van der Waals surface area contributed by atoms with Crippen LogP contribution < -0.4 is 0 Å². The summed E-state index contributed by atoms with van der Waals surface area (Å²) in [6.45, 7) is 1.31. The average molecular weight is 415 g/mol. The topological polar surface area (TPSA) is 59.2 Å². The monoisotopic (exact) mass is 415 g/mol. The van der Waals surface area contributed by atoms with Gasteiger partial charge in [-0.3, -0.25) is 4.79 Å². The number of hydrogen-bond donors (Lipinski definition) is 0. The van der Waals surface area contributed by atoms with Gasteiger partial charge >= 0.3 is 12.1 Å². The maximum atomic E-state index is 13.0. The van der Waals surface area contributed by atoms with Crippen LogP contribution in [-0.2, 0) is 12.6 Å². The zero-order valence-corrected chi connectivity index (χ0v) is 16.1. The summed E-state index contributed by atoms with van der Waals surface area (Å²) in [7, 11) is 0. The van der Waals surface area contributed by atoms with E-state index in [0.717, 1.165) is 19.3 Å². The molecule has 0 spiro atoms. The van der Waals surface area contributed by atoms with Crippen LogP contribution >= 0.6 is 0 Å². The summed E-state index contributed by atoms with van der Waals surface area (Å²) in [6, 6.07) is 16.5. The highest BCUT2D eigenvalue weighted by Crippen LogP contribution is 2.30. The highest BCUT2D eigenvalue weighted by Gasteiger charge is 2.38. The second kappa shape index (κ2) is 8.30. The van der Waals surface area contributed by atoms with Crippen LogP contribution in [0.2, 0.25) is 0 Å². The molecule has 0 radical (unpaired) electrons. The molecule has 1 amide bonds. The van der Waals surface area contributed by atoms with Crippen LogP contribution in [0.1, 0.15) is 34.7 Å². The van der Waals surface area contributed by atoms with E-state index in [-0.39, 0.29) is 11.7 Å². The molecule has 1 aliphatic heterocycles. The molecule has 1 aliphatic rings. The summed E-state index contributed by atoms with van der Waals surface area (Å²) < 4.78 is 42.4. The zero-order valence-electron chi connectivity index (χ0n) is 16.1. The molecule has 0 N–H and O–H groups in total. The van der Waals surface area contributed by atoms with Crippen molar-refractivity contribution in [2.75, 3.05) is 13.1 Å². The number of carbonyl (C=O) groups is 1. The van der Waals surface area contributed by atoms with E-state index in [1.165, 1.54) is 11.6 Å². The third-order valence-corrected chi connectivity index (χ3v) is 5.21. The Hall–Kier alpha value is -3.16. The first-order valence-corrected chi connectivity index (χ1v) is 9.75. The van der Waals surface area contributed by atoms with Gasteiger partial charge < -0.3 is 9.42 Å². The van der Waals surface area contributed by atoms with Gasteiger partial charge in [0.1, 0.15) is 0 Å². The Bertz CT molecular complexity index is 1020. The first-order chi connectivity index (χ1) is 14.4. The van der Waals surface area contributed by atoms with E-state index < -0.39 is 12.1 Å². The van der Waals surface area contributed by atoms with Gasteiger partial charge in [-0.25, -0.2) is 0 Å². The second-order valence-corrected chi connectivity index (χ2v) is 7.45. The van der Waals surface area contributed by atoms with Crippen molar-refractivity contribution in [2.24, 2.45) is 5.92 Å². The van der Waals surface area contributed by atoms with Crippen molar-refractivity contribution in [3.63, 3.8) is 0 Å². The molecule has 0 saturated carbocycles. The smallest absolute Gasteiger partial charge is 0.338 e. The normalized spacial score (nSPS) is 17.2. The molecule has 8 heteroatoms. The van der Waals surface area contributed by atoms with Gasteiger partial charge in [-0.2, -0.15) is 18.2 Å². The Morgan fingerprint density at radius 3 is 2.67 bits per heavy atom. The van der Waals surface area contributed by atoms with Gasteiger partial charge in [-0.1, -0.05) is 47.6 Å². The van der Waals surface area contributed by atoms with Gasteiger partial charge in [0.15, 0.2) is 0 Å². The molecule has 0 bridgehead atoms. The highest BCUT2D eigenvalue weighted by atomic mass is 19.4. The molecule has 30 heavy (non-hydrogen) atoms. The van der Waals surface area contributed by atoms with Crippen molar-refractivity contribution in [1.29, 1.82) is 0 Å². The van der Waals surface area contributed by atoms with Crippen molar-refractivity contribution in [1.82, 2.24) is 15.0 Å². The fourth-order valence-corrected chi connectivity index (χ4v) is 3.79. The first kappa shape index (κ1) is 20.1. The average Bonchev–Trinajstić information content (AvgIpc) is 3.25. The Morgan fingerprint density at radius 2 is 1.93 bits per heavy atom. The predicted molar refractivity (Wildman–Crippen MR) is 104 cm³/mol. The molecule has 3 aromatic rings. The number of halogens is 3. The van der Waals surface area contributed by atoms with Crippen LogP contribution in [0.4, 0.5) is 13.2 Å². The number of carbonyl (C=O) groups excluding carboxylic acids is 1. The number of rotatable bonds is 4. The lowest BCUT2D eigenvalue weighted by molar-refractivity contribution is -0.159. The number of amides is 1. The molecule has 2 aromatic carbocycles. The molecule has 4 rings (SSSR count). The molecular weight excluding hydrogens is 395 g/mol. The maximum Gasteiger partial charge on any atom is 0.471 e. The van der Waals surface area contributed by atoms with Gasteiger partial charge in [0, 0.05) is 24.2 Å². The summed E-state index contributed by atoms with van der Waals surface area (Å²) in [5.41, 5.74) is 1.94. The summed E-state index contributed by atoms with van der Waals surface area (Å²) in [4.78, 5) is 18.2.